The maximum atomic E-state index is 12.4. The van der Waals surface area contributed by atoms with E-state index in [0.29, 0.717) is 42.2 Å². The number of hydrogen-bond acceptors (Lipinski definition) is 9. The van der Waals surface area contributed by atoms with Crippen molar-refractivity contribution in [3.05, 3.63) is 23.9 Å². The molecule has 4 saturated heterocycles. The van der Waals surface area contributed by atoms with Gasteiger partial charge in [0.25, 0.3) is 0 Å². The Morgan fingerprint density at radius 1 is 1.06 bits per heavy atom. The quantitative estimate of drug-likeness (QED) is 0.542. The zero-order chi connectivity index (χ0) is 22.0. The Morgan fingerprint density at radius 3 is 2.42 bits per heavy atom. The molecule has 5 heterocycles. The molecular weight excluding hydrogens is 422 g/mol. The zero-order valence-electron chi connectivity index (χ0n) is 18.1. The van der Waals surface area contributed by atoms with Crippen molar-refractivity contribution >= 4 is 17.7 Å². The lowest BCUT2D eigenvalue weighted by Crippen LogP contribution is -2.33. The van der Waals surface area contributed by atoms with Crippen LogP contribution in [0.3, 0.4) is 0 Å². The molecule has 0 aromatic carbocycles. The normalized spacial score (nSPS) is 38.3. The van der Waals surface area contributed by atoms with E-state index in [1.165, 1.54) is 11.8 Å². The molecule has 4 fully saturated rings. The second-order valence-electron chi connectivity index (χ2n) is 8.45. The Hall–Kier alpha value is -1.23. The van der Waals surface area contributed by atoms with Crippen LogP contribution in [0.5, 0.6) is 0 Å². The molecule has 4 aliphatic rings. The van der Waals surface area contributed by atoms with E-state index in [1.54, 1.807) is 18.3 Å². The summed E-state index contributed by atoms with van der Waals surface area (Å²) >= 11 is 1.53. The number of nitrogens with zero attached hydrogens (tertiary/aromatic N) is 1. The lowest BCUT2D eigenvalue weighted by atomic mass is 10.0. The largest absolute Gasteiger partial charge is 0.453 e. The van der Waals surface area contributed by atoms with Gasteiger partial charge in [-0.05, 0) is 17.9 Å². The van der Waals surface area contributed by atoms with E-state index in [9.17, 15) is 9.90 Å². The monoisotopic (exact) mass is 453 g/mol. The molecule has 1 N–H and O–H groups in total. The number of rotatable bonds is 4. The predicted octanol–water partition coefficient (Wildman–Crippen LogP) is 1.93. The van der Waals surface area contributed by atoms with E-state index < -0.39 is 6.10 Å². The number of thioether (sulfide) groups is 1. The van der Waals surface area contributed by atoms with Crippen molar-refractivity contribution in [2.24, 2.45) is 11.8 Å². The molecule has 1 aromatic heterocycles. The number of aliphatic hydroxyl groups excluding tert-OH is 1. The minimum Gasteiger partial charge on any atom is -0.453 e. The second kappa shape index (κ2) is 10.1. The van der Waals surface area contributed by atoms with Gasteiger partial charge in [0.05, 0.1) is 44.2 Å². The molecule has 1 aromatic rings. The summed E-state index contributed by atoms with van der Waals surface area (Å²) in [7, 11) is 0. The summed E-state index contributed by atoms with van der Waals surface area (Å²) in [4.78, 5) is 16.6. The van der Waals surface area contributed by atoms with Crippen molar-refractivity contribution in [2.75, 3.05) is 32.2 Å². The van der Waals surface area contributed by atoms with Crippen LogP contribution >= 0.6 is 11.8 Å². The van der Waals surface area contributed by atoms with Gasteiger partial charge in [0.1, 0.15) is 23.3 Å². The van der Waals surface area contributed by atoms with Gasteiger partial charge < -0.3 is 28.8 Å². The second-order valence-corrected chi connectivity index (χ2v) is 9.70. The van der Waals surface area contributed by atoms with Gasteiger partial charge in [-0.15, -0.1) is 11.8 Å². The van der Waals surface area contributed by atoms with Crippen molar-refractivity contribution in [3.63, 3.8) is 0 Å². The van der Waals surface area contributed by atoms with Gasteiger partial charge in [0.2, 0.25) is 0 Å². The molecule has 0 amide bonds. The van der Waals surface area contributed by atoms with Crippen molar-refractivity contribution in [3.8, 4) is 0 Å². The minimum atomic E-state index is -0.394. The Morgan fingerprint density at radius 2 is 1.71 bits per heavy atom. The van der Waals surface area contributed by atoms with Crippen molar-refractivity contribution in [1.82, 2.24) is 4.98 Å². The summed E-state index contributed by atoms with van der Waals surface area (Å²) in [6, 6.07) is 3.50. The topological polar surface area (TPSA) is 96.3 Å². The number of carbonyl (C=O) groups is 1. The van der Waals surface area contributed by atoms with Gasteiger partial charge in [0.15, 0.2) is 6.10 Å². The Labute approximate surface area is 186 Å². The molecule has 8 atom stereocenters. The van der Waals surface area contributed by atoms with Crippen LogP contribution in [0.25, 0.3) is 0 Å². The smallest absolute Gasteiger partial charge is 0.341 e. The minimum absolute atomic E-state index is 0.0428. The average molecular weight is 454 g/mol. The summed E-state index contributed by atoms with van der Waals surface area (Å²) < 4.78 is 27.6. The molecule has 0 saturated carbocycles. The highest BCUT2D eigenvalue weighted by Gasteiger charge is 2.48. The molecule has 0 bridgehead atoms. The number of fused-ring (bicyclic) bond motifs is 2. The number of esters is 1. The number of ether oxygens (including phenoxy) is 5. The van der Waals surface area contributed by atoms with Gasteiger partial charge in [-0.2, -0.15) is 0 Å². The fourth-order valence-electron chi connectivity index (χ4n) is 4.43. The molecule has 0 aliphatic carbocycles. The van der Waals surface area contributed by atoms with Crippen molar-refractivity contribution in [2.45, 2.75) is 62.4 Å². The highest BCUT2D eigenvalue weighted by Crippen LogP contribution is 2.33. The van der Waals surface area contributed by atoms with E-state index in [4.69, 9.17) is 23.7 Å². The molecule has 0 unspecified atom stereocenters. The Kier molecular flexibility index (Phi) is 7.51. The summed E-state index contributed by atoms with van der Waals surface area (Å²) in [5.74, 6) is 1.30. The maximum Gasteiger partial charge on any atom is 0.341 e. The van der Waals surface area contributed by atoms with E-state index in [-0.39, 0.29) is 36.5 Å². The van der Waals surface area contributed by atoms with Crippen LogP contribution in [0.2, 0.25) is 0 Å². The molecule has 31 heavy (non-hydrogen) atoms. The van der Waals surface area contributed by atoms with Crippen molar-refractivity contribution < 1.29 is 33.6 Å². The SMILES string of the molecule is CCSc1ncccc1C(=O)O[C@@H]1CO[C@H]2[C@@H]1OC[C@@H]2C.C[C@H]1CO[C@H]2[C@@H]1OC[C@H]2O. The highest BCUT2D eigenvalue weighted by atomic mass is 32.2. The fraction of sp³-hybridized carbons (Fsp3) is 0.727. The Bertz CT molecular complexity index is 749. The molecule has 9 heteroatoms. The number of aromatic nitrogens is 1. The summed E-state index contributed by atoms with van der Waals surface area (Å²) in [6.07, 6.45) is 0.974. The molecule has 4 aliphatic heterocycles. The van der Waals surface area contributed by atoms with E-state index >= 15 is 0 Å². The van der Waals surface area contributed by atoms with Gasteiger partial charge in [-0.1, -0.05) is 20.8 Å². The summed E-state index contributed by atoms with van der Waals surface area (Å²) in [5.41, 5.74) is 0.513. The molecule has 0 radical (unpaired) electrons. The molecule has 0 spiro atoms. The van der Waals surface area contributed by atoms with Gasteiger partial charge in [-0.25, -0.2) is 9.78 Å². The molecule has 5 rings (SSSR count). The van der Waals surface area contributed by atoms with Crippen LogP contribution in [-0.2, 0) is 23.7 Å². The van der Waals surface area contributed by atoms with Crippen LogP contribution < -0.4 is 0 Å². The molecule has 8 nitrogen and oxygen atoms in total. The molecular formula is C22H31NO7S. The third-order valence-electron chi connectivity index (χ3n) is 6.06. The van der Waals surface area contributed by atoms with Crippen LogP contribution in [-0.4, -0.2) is 84.9 Å². The lowest BCUT2D eigenvalue weighted by molar-refractivity contribution is -0.0161. The van der Waals surface area contributed by atoms with Crippen LogP contribution in [0.1, 0.15) is 31.1 Å². The van der Waals surface area contributed by atoms with Gasteiger partial charge in [-0.3, -0.25) is 0 Å². The number of pyridine rings is 1. The number of hydrogen-bond donors (Lipinski definition) is 1. The predicted molar refractivity (Wildman–Crippen MR) is 113 cm³/mol. The summed E-state index contributed by atoms with van der Waals surface area (Å²) in [5, 5.41) is 9.98. The third-order valence-corrected chi connectivity index (χ3v) is 6.95. The van der Waals surface area contributed by atoms with E-state index in [2.05, 4.69) is 18.8 Å². The number of aliphatic hydroxyl groups is 1. The Balaban J connectivity index is 0.000000192. The van der Waals surface area contributed by atoms with Gasteiger partial charge in [0, 0.05) is 18.0 Å². The standard InChI is InChI=1S/C15H19NO4S.C7H12O3/c1-3-21-14-10(5-4-6-16-14)15(17)20-11-8-19-12-9(2)7-18-13(11)12;1-4-2-9-7-5(8)3-10-6(4)7/h4-6,9,11-13H,3,7-8H2,1-2H3;4-8H,2-3H2,1H3/t9-,11+,12+,13+;4-,5+,6+,7+/m00/s1. The summed E-state index contributed by atoms with van der Waals surface area (Å²) in [6.45, 7) is 8.44. The average Bonchev–Trinajstić information content (AvgIpc) is 3.51. The molecule has 172 valence electrons. The first-order valence-electron chi connectivity index (χ1n) is 10.9. The maximum absolute atomic E-state index is 12.4. The van der Waals surface area contributed by atoms with Gasteiger partial charge >= 0.3 is 5.97 Å². The van der Waals surface area contributed by atoms with Crippen LogP contribution in [0.4, 0.5) is 0 Å². The van der Waals surface area contributed by atoms with Crippen LogP contribution in [0, 0.1) is 11.8 Å². The first-order chi connectivity index (χ1) is 15.0. The first-order valence-corrected chi connectivity index (χ1v) is 11.9. The zero-order valence-corrected chi connectivity index (χ0v) is 19.0. The van der Waals surface area contributed by atoms with E-state index in [0.717, 1.165) is 12.4 Å². The fourth-order valence-corrected chi connectivity index (χ4v) is 5.14. The number of carbonyl (C=O) groups excluding carboxylic acids is 1. The lowest BCUT2D eigenvalue weighted by Gasteiger charge is -2.17. The van der Waals surface area contributed by atoms with E-state index in [1.807, 2.05) is 6.92 Å². The first kappa shape index (κ1) is 22.9. The van der Waals surface area contributed by atoms with Crippen molar-refractivity contribution in [1.29, 1.82) is 0 Å². The highest BCUT2D eigenvalue weighted by molar-refractivity contribution is 7.99. The third kappa shape index (κ3) is 4.91. The van der Waals surface area contributed by atoms with Crippen LogP contribution in [0.15, 0.2) is 23.4 Å².